The van der Waals surface area contributed by atoms with E-state index in [1.54, 1.807) is 33.9 Å². The monoisotopic (exact) mass is 308 g/mol. The van der Waals surface area contributed by atoms with Gasteiger partial charge in [-0.2, -0.15) is 0 Å². The van der Waals surface area contributed by atoms with Crippen molar-refractivity contribution < 1.29 is 14.4 Å². The van der Waals surface area contributed by atoms with Gasteiger partial charge in [0.15, 0.2) is 0 Å². The van der Waals surface area contributed by atoms with Crippen molar-refractivity contribution >= 4 is 17.7 Å². The van der Waals surface area contributed by atoms with Crippen LogP contribution in [0.3, 0.4) is 0 Å². The summed E-state index contributed by atoms with van der Waals surface area (Å²) in [5.41, 5.74) is 0.541. The summed E-state index contributed by atoms with van der Waals surface area (Å²) in [6.07, 6.45) is 1.61. The Kier molecular flexibility index (Phi) is 4.43. The highest BCUT2D eigenvalue weighted by Gasteiger charge is 2.26. The van der Waals surface area contributed by atoms with Crippen LogP contribution in [-0.4, -0.2) is 44.8 Å². The van der Waals surface area contributed by atoms with Crippen molar-refractivity contribution in [2.24, 2.45) is 0 Å². The molecule has 0 unspecified atom stereocenters. The van der Waals surface area contributed by atoms with Crippen LogP contribution < -0.4 is 16.0 Å². The first-order valence-electron chi connectivity index (χ1n) is 7.12. The third-order valence-corrected chi connectivity index (χ3v) is 3.61. The fraction of sp³-hybridized carbons (Fsp3) is 0.615. The van der Waals surface area contributed by atoms with Crippen molar-refractivity contribution in [2.75, 3.05) is 0 Å². The molecule has 2 rings (SSSR count). The molecule has 0 saturated carbocycles. The molecule has 1 aromatic rings. The van der Waals surface area contributed by atoms with Gasteiger partial charge < -0.3 is 16.0 Å². The number of amides is 3. The topological polar surface area (TPSA) is 118 Å². The van der Waals surface area contributed by atoms with E-state index in [4.69, 9.17) is 0 Å². The molecule has 9 nitrogen and oxygen atoms in total. The molecule has 3 amide bonds. The zero-order valence-corrected chi connectivity index (χ0v) is 13.0. The van der Waals surface area contributed by atoms with Crippen LogP contribution in [-0.2, 0) is 14.4 Å². The Bertz CT molecular complexity index is 598. The van der Waals surface area contributed by atoms with Crippen LogP contribution >= 0.6 is 0 Å². The number of rotatable bonds is 0. The van der Waals surface area contributed by atoms with Gasteiger partial charge in [0.05, 0.1) is 12.2 Å². The number of carbonyl (C=O) groups is 3. The van der Waals surface area contributed by atoms with Crippen molar-refractivity contribution in [3.63, 3.8) is 0 Å². The predicted molar refractivity (Wildman–Crippen MR) is 76.5 cm³/mol. The summed E-state index contributed by atoms with van der Waals surface area (Å²) in [6, 6.07) is -2.47. The molecule has 22 heavy (non-hydrogen) atoms. The van der Waals surface area contributed by atoms with Crippen LogP contribution in [0.15, 0.2) is 6.20 Å². The molecule has 120 valence electrons. The number of aromatic nitrogens is 3. The molecule has 2 bridgehead atoms. The zero-order chi connectivity index (χ0) is 16.4. The number of nitrogens with one attached hydrogen (secondary N) is 3. The molecule has 4 atom stereocenters. The van der Waals surface area contributed by atoms with E-state index in [1.165, 1.54) is 4.68 Å². The first kappa shape index (κ1) is 15.9. The van der Waals surface area contributed by atoms with Gasteiger partial charge in [-0.05, 0) is 27.7 Å². The highest BCUT2D eigenvalue weighted by Crippen LogP contribution is 2.12. The van der Waals surface area contributed by atoms with Gasteiger partial charge in [-0.25, -0.2) is 4.68 Å². The van der Waals surface area contributed by atoms with E-state index in [2.05, 4.69) is 26.3 Å². The molecule has 0 fully saturated rings. The predicted octanol–water partition coefficient (Wildman–Crippen LogP) is -0.961. The van der Waals surface area contributed by atoms with Crippen molar-refractivity contribution in [1.82, 2.24) is 30.9 Å². The van der Waals surface area contributed by atoms with E-state index < -0.39 is 24.0 Å². The first-order valence-corrected chi connectivity index (χ1v) is 7.12. The first-order chi connectivity index (χ1) is 10.3. The summed E-state index contributed by atoms with van der Waals surface area (Å²) in [7, 11) is 0. The second-order valence-corrected chi connectivity index (χ2v) is 5.49. The number of nitrogens with zero attached hydrogens (tertiary/aromatic N) is 3. The van der Waals surface area contributed by atoms with Crippen LogP contribution in [0.2, 0.25) is 0 Å². The third-order valence-electron chi connectivity index (χ3n) is 3.61. The van der Waals surface area contributed by atoms with Crippen LogP contribution in [0, 0.1) is 0 Å². The summed E-state index contributed by atoms with van der Waals surface area (Å²) in [4.78, 5) is 36.2. The quantitative estimate of drug-likeness (QED) is 0.570. The number of carbonyl (C=O) groups excluding carboxylic acids is 3. The van der Waals surface area contributed by atoms with Crippen molar-refractivity contribution in [2.45, 2.75) is 51.9 Å². The van der Waals surface area contributed by atoms with Gasteiger partial charge in [-0.3, -0.25) is 14.4 Å². The summed E-state index contributed by atoms with van der Waals surface area (Å²) in [5, 5.41) is 15.8. The molecule has 0 spiro atoms. The average molecular weight is 308 g/mol. The van der Waals surface area contributed by atoms with E-state index in [1.807, 2.05) is 0 Å². The van der Waals surface area contributed by atoms with Gasteiger partial charge in [-0.1, -0.05) is 5.21 Å². The van der Waals surface area contributed by atoms with Gasteiger partial charge in [0, 0.05) is 0 Å². The Morgan fingerprint density at radius 3 is 1.95 bits per heavy atom. The normalized spacial score (nSPS) is 30.3. The standard InChI is InChI=1S/C13H20N6O3/c1-6-10-5-19(18-17-10)9(4)13(22)16-8(3)12(21)15-7(2)11(20)14-6/h5-9H,1-4H3,(H,14,20)(H,15,21)(H,16,22)/t6-,7-,8-,9-/m0/s1. The fourth-order valence-corrected chi connectivity index (χ4v) is 2.01. The highest BCUT2D eigenvalue weighted by atomic mass is 16.2. The van der Waals surface area contributed by atoms with Gasteiger partial charge in [-0.15, -0.1) is 5.10 Å². The van der Waals surface area contributed by atoms with E-state index in [0.717, 1.165) is 0 Å². The molecule has 0 radical (unpaired) electrons. The molecule has 9 heteroatoms. The van der Waals surface area contributed by atoms with Crippen LogP contribution in [0.4, 0.5) is 0 Å². The molecule has 0 saturated heterocycles. The third kappa shape index (κ3) is 3.23. The average Bonchev–Trinajstić information content (AvgIpc) is 2.94. The minimum atomic E-state index is -0.758. The molecular formula is C13H20N6O3. The fourth-order valence-electron chi connectivity index (χ4n) is 2.01. The molecule has 2 heterocycles. The van der Waals surface area contributed by atoms with E-state index in [-0.39, 0.29) is 17.9 Å². The molecule has 3 N–H and O–H groups in total. The highest BCUT2D eigenvalue weighted by molar-refractivity contribution is 5.92. The Morgan fingerprint density at radius 2 is 1.36 bits per heavy atom. The smallest absolute Gasteiger partial charge is 0.245 e. The minimum Gasteiger partial charge on any atom is -0.346 e. The minimum absolute atomic E-state index is 0.332. The van der Waals surface area contributed by atoms with E-state index >= 15 is 0 Å². The van der Waals surface area contributed by atoms with Gasteiger partial charge >= 0.3 is 0 Å². The molecule has 0 aliphatic carbocycles. The summed E-state index contributed by atoms with van der Waals surface area (Å²) >= 11 is 0. The lowest BCUT2D eigenvalue weighted by Gasteiger charge is -2.20. The Morgan fingerprint density at radius 1 is 0.864 bits per heavy atom. The molecule has 0 aromatic carbocycles. The summed E-state index contributed by atoms with van der Waals surface area (Å²) in [5.74, 6) is -1.10. The van der Waals surface area contributed by atoms with E-state index in [0.29, 0.717) is 5.69 Å². The zero-order valence-electron chi connectivity index (χ0n) is 13.0. The Hall–Kier alpha value is -2.45. The summed E-state index contributed by atoms with van der Waals surface area (Å²) in [6.45, 7) is 6.55. The van der Waals surface area contributed by atoms with E-state index in [9.17, 15) is 14.4 Å². The molecule has 1 aromatic heterocycles. The lowest BCUT2D eigenvalue weighted by molar-refractivity contribution is -0.132. The maximum atomic E-state index is 12.1. The molecule has 1 aliphatic heterocycles. The van der Waals surface area contributed by atoms with Crippen LogP contribution in [0.1, 0.15) is 45.5 Å². The second kappa shape index (κ2) is 6.12. The number of fused-ring (bicyclic) bond motifs is 2. The van der Waals surface area contributed by atoms with Crippen molar-refractivity contribution in [3.8, 4) is 0 Å². The van der Waals surface area contributed by atoms with Gasteiger partial charge in [0.2, 0.25) is 17.7 Å². The Labute approximate surface area is 127 Å². The van der Waals surface area contributed by atoms with Gasteiger partial charge in [0.1, 0.15) is 23.8 Å². The maximum Gasteiger partial charge on any atom is 0.245 e. The lowest BCUT2D eigenvalue weighted by Crippen LogP contribution is -2.52. The van der Waals surface area contributed by atoms with Crippen LogP contribution in [0.25, 0.3) is 0 Å². The van der Waals surface area contributed by atoms with Crippen molar-refractivity contribution in [1.29, 1.82) is 0 Å². The second-order valence-electron chi connectivity index (χ2n) is 5.49. The molecule has 1 aliphatic rings. The number of hydrogen-bond donors (Lipinski definition) is 3. The van der Waals surface area contributed by atoms with Gasteiger partial charge in [0.25, 0.3) is 0 Å². The lowest BCUT2D eigenvalue weighted by atomic mass is 10.2. The van der Waals surface area contributed by atoms with Crippen LogP contribution in [0.5, 0.6) is 0 Å². The maximum absolute atomic E-state index is 12.1. The largest absolute Gasteiger partial charge is 0.346 e. The Balaban J connectivity index is 2.32. The molecular weight excluding hydrogens is 288 g/mol. The summed E-state index contributed by atoms with van der Waals surface area (Å²) < 4.78 is 1.40. The SMILES string of the molecule is C[C@@H]1NC(=O)[C@H](C)NC(=O)[C@H](C)n2cc(nn2)[C@H](C)NC1=O. The number of hydrogen-bond acceptors (Lipinski definition) is 5. The van der Waals surface area contributed by atoms with Crippen molar-refractivity contribution in [3.05, 3.63) is 11.9 Å².